The Kier molecular flexibility index (Phi) is 8.63. The molecule has 2 fully saturated rings. The molecule has 9 heteroatoms. The van der Waals surface area contributed by atoms with Crippen LogP contribution in [0.4, 0.5) is 0 Å². The molecule has 6 rings (SSSR count). The lowest BCUT2D eigenvalue weighted by Crippen LogP contribution is -2.49. The van der Waals surface area contributed by atoms with Crippen molar-refractivity contribution in [3.8, 4) is 23.0 Å². The highest BCUT2D eigenvalue weighted by molar-refractivity contribution is 5.73. The molecule has 9 nitrogen and oxygen atoms in total. The summed E-state index contributed by atoms with van der Waals surface area (Å²) in [6, 6.07) is 16.4. The lowest BCUT2D eigenvalue weighted by molar-refractivity contribution is -0.162. The minimum Gasteiger partial charge on any atom is -0.504 e. The first kappa shape index (κ1) is 31.7. The normalized spacial score (nSPS) is 26.6. The van der Waals surface area contributed by atoms with E-state index in [4.69, 9.17) is 18.9 Å². The van der Waals surface area contributed by atoms with Crippen LogP contribution in [0.2, 0.25) is 0 Å². The second kappa shape index (κ2) is 12.5. The summed E-state index contributed by atoms with van der Waals surface area (Å²) in [7, 11) is 3.05. The molecule has 244 valence electrons. The van der Waals surface area contributed by atoms with E-state index in [9.17, 15) is 24.9 Å². The van der Waals surface area contributed by atoms with E-state index in [0.717, 1.165) is 47.1 Å². The van der Waals surface area contributed by atoms with Crippen molar-refractivity contribution in [3.63, 3.8) is 0 Å². The van der Waals surface area contributed by atoms with Gasteiger partial charge in [0.25, 0.3) is 0 Å². The molecule has 3 aromatic rings. The van der Waals surface area contributed by atoms with Crippen LogP contribution in [0, 0.1) is 11.3 Å². The van der Waals surface area contributed by atoms with Crippen molar-refractivity contribution in [3.05, 3.63) is 82.4 Å². The second-order valence-corrected chi connectivity index (χ2v) is 13.3. The van der Waals surface area contributed by atoms with Crippen molar-refractivity contribution in [2.24, 2.45) is 11.3 Å². The summed E-state index contributed by atoms with van der Waals surface area (Å²) in [5.41, 5.74) is 3.92. The van der Waals surface area contributed by atoms with Gasteiger partial charge in [-0.3, -0.25) is 9.59 Å². The highest BCUT2D eigenvalue weighted by Crippen LogP contribution is 2.63. The Morgan fingerprint density at radius 1 is 0.891 bits per heavy atom. The molecule has 2 bridgehead atoms. The molecule has 0 amide bonds. The predicted molar refractivity (Wildman–Crippen MR) is 169 cm³/mol. The van der Waals surface area contributed by atoms with Gasteiger partial charge in [-0.25, -0.2) is 0 Å². The first-order valence-corrected chi connectivity index (χ1v) is 15.9. The average molecular weight is 631 g/mol. The third kappa shape index (κ3) is 6.00. The van der Waals surface area contributed by atoms with Gasteiger partial charge in [0, 0.05) is 19.3 Å². The number of esters is 2. The van der Waals surface area contributed by atoms with E-state index in [1.807, 2.05) is 30.3 Å². The summed E-state index contributed by atoms with van der Waals surface area (Å²) in [5.74, 6) is 0.0981. The number of hydrogen-bond donors (Lipinski definition) is 3. The lowest BCUT2D eigenvalue weighted by Gasteiger charge is -2.49. The van der Waals surface area contributed by atoms with E-state index in [2.05, 4.69) is 0 Å². The van der Waals surface area contributed by atoms with Crippen molar-refractivity contribution >= 4 is 11.9 Å². The number of fused-ring (bicyclic) bond motifs is 2. The van der Waals surface area contributed by atoms with Crippen LogP contribution in [-0.4, -0.2) is 53.7 Å². The Labute approximate surface area is 269 Å². The Bertz CT molecular complexity index is 1630. The maximum atomic E-state index is 13.5. The smallest absolute Gasteiger partial charge is 0.310 e. The summed E-state index contributed by atoms with van der Waals surface area (Å²) < 4.78 is 23.3. The SMILES string of the molecule is COc1cc([C@]23CC[C@]4(Cc5cc(O)c(OC)cc5C[C@@H]4[C@@H](OC(C)=O)C[C@@H](OC(=O)Cc4cccc(CO)c4)C2)C3)ccc1O. The van der Waals surface area contributed by atoms with Gasteiger partial charge in [-0.05, 0) is 101 Å². The highest BCUT2D eigenvalue weighted by Gasteiger charge is 2.59. The highest BCUT2D eigenvalue weighted by atomic mass is 16.6. The zero-order valence-electron chi connectivity index (χ0n) is 26.6. The molecule has 0 radical (unpaired) electrons. The van der Waals surface area contributed by atoms with Gasteiger partial charge in [0.15, 0.2) is 23.0 Å². The zero-order chi connectivity index (χ0) is 32.6. The molecule has 46 heavy (non-hydrogen) atoms. The molecule has 1 spiro atoms. The largest absolute Gasteiger partial charge is 0.504 e. The molecule has 0 unspecified atom stereocenters. The number of aliphatic hydroxyl groups excluding tert-OH is 1. The summed E-state index contributed by atoms with van der Waals surface area (Å²) >= 11 is 0. The first-order valence-electron chi connectivity index (χ1n) is 15.9. The molecular weight excluding hydrogens is 588 g/mol. The number of aromatic hydroxyl groups is 2. The van der Waals surface area contributed by atoms with Gasteiger partial charge in [0.1, 0.15) is 12.2 Å². The van der Waals surface area contributed by atoms with Crippen molar-refractivity contribution in [1.29, 1.82) is 0 Å². The Hall–Kier alpha value is -4.24. The topological polar surface area (TPSA) is 132 Å². The minimum atomic E-state index is -0.551. The average Bonchev–Trinajstić information content (AvgIpc) is 3.39. The third-order valence-electron chi connectivity index (χ3n) is 10.6. The number of rotatable bonds is 8. The number of methoxy groups -OCH3 is 2. The molecule has 0 heterocycles. The number of carbonyl (C=O) groups excluding carboxylic acids is 2. The fourth-order valence-corrected chi connectivity index (χ4v) is 8.62. The minimum absolute atomic E-state index is 0.0482. The summed E-state index contributed by atoms with van der Waals surface area (Å²) in [6.07, 6.45) is 3.57. The van der Waals surface area contributed by atoms with Gasteiger partial charge >= 0.3 is 11.9 Å². The van der Waals surface area contributed by atoms with Crippen LogP contribution in [0.3, 0.4) is 0 Å². The van der Waals surface area contributed by atoms with Crippen LogP contribution in [0.25, 0.3) is 0 Å². The molecule has 2 saturated carbocycles. The van der Waals surface area contributed by atoms with Crippen LogP contribution < -0.4 is 9.47 Å². The second-order valence-electron chi connectivity index (χ2n) is 13.3. The number of carbonyl (C=O) groups is 2. The van der Waals surface area contributed by atoms with E-state index in [1.165, 1.54) is 21.1 Å². The molecule has 3 aliphatic rings. The molecule has 3 aliphatic carbocycles. The molecular formula is C37H42O9. The van der Waals surface area contributed by atoms with E-state index >= 15 is 0 Å². The number of phenolic OH excluding ortho intramolecular Hbond substituents is 2. The number of hydrogen-bond acceptors (Lipinski definition) is 9. The molecule has 3 aromatic carbocycles. The first-order chi connectivity index (χ1) is 22.1. The van der Waals surface area contributed by atoms with Crippen LogP contribution in [0.1, 0.15) is 66.8 Å². The molecule has 0 saturated heterocycles. The van der Waals surface area contributed by atoms with E-state index < -0.39 is 17.6 Å². The standard InChI is InChI=1S/C37H42O9/c1-22(39)45-32-17-28(46-35(42)12-23-5-4-6-24(11-23)20-38)19-36(27-7-8-30(40)34(16-27)44-3)9-10-37(21-36)18-26-14-31(41)33(43-2)15-25(26)13-29(32)37/h4-8,11,14-16,28-29,32,38,40-41H,9-10,12-13,17-21H2,1-3H3/t28-,29-,32+,36-,37+/m1/s1. The number of ether oxygens (including phenoxy) is 4. The maximum Gasteiger partial charge on any atom is 0.310 e. The van der Waals surface area contributed by atoms with Crippen molar-refractivity contribution in [1.82, 2.24) is 0 Å². The quantitative estimate of drug-likeness (QED) is 0.283. The fraction of sp³-hybridized carbons (Fsp3) is 0.459. The Morgan fingerprint density at radius 3 is 2.39 bits per heavy atom. The fourth-order valence-electron chi connectivity index (χ4n) is 8.62. The van der Waals surface area contributed by atoms with Gasteiger partial charge < -0.3 is 34.3 Å². The number of aliphatic hydroxyl groups is 1. The number of benzene rings is 3. The van der Waals surface area contributed by atoms with Gasteiger partial charge in [-0.2, -0.15) is 0 Å². The van der Waals surface area contributed by atoms with Gasteiger partial charge in [-0.15, -0.1) is 0 Å². The monoisotopic (exact) mass is 630 g/mol. The van der Waals surface area contributed by atoms with E-state index in [0.29, 0.717) is 37.2 Å². The molecule has 3 N–H and O–H groups in total. The summed E-state index contributed by atoms with van der Waals surface area (Å²) in [4.78, 5) is 26.0. The molecule has 0 aromatic heterocycles. The van der Waals surface area contributed by atoms with E-state index in [1.54, 1.807) is 24.3 Å². The van der Waals surface area contributed by atoms with Crippen LogP contribution >= 0.6 is 0 Å². The van der Waals surface area contributed by atoms with Gasteiger partial charge in [0.05, 0.1) is 27.2 Å². The summed E-state index contributed by atoms with van der Waals surface area (Å²) in [6.45, 7) is 1.30. The van der Waals surface area contributed by atoms with Crippen molar-refractivity contribution in [2.45, 2.75) is 82.5 Å². The molecule has 5 atom stereocenters. The maximum absolute atomic E-state index is 13.5. The van der Waals surface area contributed by atoms with Crippen molar-refractivity contribution < 1.29 is 43.9 Å². The molecule has 0 aliphatic heterocycles. The third-order valence-corrected chi connectivity index (χ3v) is 10.6. The van der Waals surface area contributed by atoms with Gasteiger partial charge in [0.2, 0.25) is 0 Å². The Morgan fingerprint density at radius 2 is 1.65 bits per heavy atom. The Balaban J connectivity index is 1.41. The van der Waals surface area contributed by atoms with Crippen LogP contribution in [0.15, 0.2) is 54.6 Å². The number of phenols is 2. The van der Waals surface area contributed by atoms with Gasteiger partial charge in [-0.1, -0.05) is 30.3 Å². The lowest BCUT2D eigenvalue weighted by atomic mass is 9.57. The van der Waals surface area contributed by atoms with Crippen molar-refractivity contribution in [2.75, 3.05) is 14.2 Å². The predicted octanol–water partition coefficient (Wildman–Crippen LogP) is 5.31. The van der Waals surface area contributed by atoms with Crippen LogP contribution in [-0.2, 0) is 50.3 Å². The van der Waals surface area contributed by atoms with E-state index in [-0.39, 0.29) is 47.8 Å². The summed E-state index contributed by atoms with van der Waals surface area (Å²) in [5, 5.41) is 30.7. The zero-order valence-corrected chi connectivity index (χ0v) is 26.6. The van der Waals surface area contributed by atoms with Crippen LogP contribution in [0.5, 0.6) is 23.0 Å².